The monoisotopic (exact) mass is 262 g/mol. The zero-order valence-electron chi connectivity index (χ0n) is 11.4. The SMILES string of the molecule is C(=NC1=CCN(c2ccccc2)CC1)c1ccccc1. The van der Waals surface area contributed by atoms with E-state index in [-0.39, 0.29) is 0 Å². The van der Waals surface area contributed by atoms with Gasteiger partial charge in [0.15, 0.2) is 0 Å². The number of rotatable bonds is 3. The van der Waals surface area contributed by atoms with Crippen molar-refractivity contribution in [3.63, 3.8) is 0 Å². The van der Waals surface area contributed by atoms with Crippen molar-refractivity contribution in [2.45, 2.75) is 6.42 Å². The van der Waals surface area contributed by atoms with Crippen LogP contribution in [-0.4, -0.2) is 19.3 Å². The van der Waals surface area contributed by atoms with Crippen molar-refractivity contribution in [3.8, 4) is 0 Å². The third-order valence-corrected chi connectivity index (χ3v) is 3.49. The number of hydrogen-bond donors (Lipinski definition) is 0. The van der Waals surface area contributed by atoms with E-state index in [9.17, 15) is 0 Å². The molecule has 0 aliphatic carbocycles. The number of aliphatic imine (C=N–C) groups is 1. The molecular formula is C18H18N2. The molecule has 2 heteroatoms. The predicted octanol–water partition coefficient (Wildman–Crippen LogP) is 3.90. The number of nitrogens with zero attached hydrogens (tertiary/aromatic N) is 2. The van der Waals surface area contributed by atoms with Gasteiger partial charge in [0.25, 0.3) is 0 Å². The van der Waals surface area contributed by atoms with E-state index in [2.05, 4.69) is 58.4 Å². The van der Waals surface area contributed by atoms with E-state index in [1.165, 1.54) is 11.4 Å². The molecule has 0 unspecified atom stereocenters. The van der Waals surface area contributed by atoms with Crippen LogP contribution in [-0.2, 0) is 0 Å². The Balaban J connectivity index is 1.64. The molecule has 0 amide bonds. The molecule has 0 bridgehead atoms. The van der Waals surface area contributed by atoms with Crippen LogP contribution in [0.2, 0.25) is 0 Å². The van der Waals surface area contributed by atoms with Crippen molar-refractivity contribution >= 4 is 11.9 Å². The van der Waals surface area contributed by atoms with Gasteiger partial charge in [0.1, 0.15) is 0 Å². The highest BCUT2D eigenvalue weighted by atomic mass is 15.1. The molecule has 0 fully saturated rings. The molecule has 0 N–H and O–H groups in total. The first kappa shape index (κ1) is 12.7. The smallest absolute Gasteiger partial charge is 0.0399 e. The van der Waals surface area contributed by atoms with E-state index < -0.39 is 0 Å². The maximum Gasteiger partial charge on any atom is 0.0399 e. The Morgan fingerprint density at radius 3 is 2.25 bits per heavy atom. The van der Waals surface area contributed by atoms with Gasteiger partial charge in [-0.15, -0.1) is 0 Å². The average molecular weight is 262 g/mol. The first-order chi connectivity index (χ1) is 9.92. The minimum absolute atomic E-state index is 0.936. The molecule has 1 heterocycles. The topological polar surface area (TPSA) is 15.6 Å². The number of anilines is 1. The first-order valence-corrected chi connectivity index (χ1v) is 7.00. The van der Waals surface area contributed by atoms with Crippen LogP contribution in [0.15, 0.2) is 77.4 Å². The summed E-state index contributed by atoms with van der Waals surface area (Å²) in [5, 5.41) is 0. The molecule has 0 aromatic heterocycles. The molecule has 0 spiro atoms. The molecule has 1 aliphatic rings. The Bertz CT molecular complexity index is 600. The quantitative estimate of drug-likeness (QED) is 0.766. The molecule has 2 aromatic carbocycles. The first-order valence-electron chi connectivity index (χ1n) is 7.00. The summed E-state index contributed by atoms with van der Waals surface area (Å²) >= 11 is 0. The van der Waals surface area contributed by atoms with Crippen molar-refractivity contribution in [1.29, 1.82) is 0 Å². The van der Waals surface area contributed by atoms with Gasteiger partial charge in [-0.3, -0.25) is 4.99 Å². The van der Waals surface area contributed by atoms with Gasteiger partial charge in [-0.05, 0) is 23.8 Å². The molecule has 3 rings (SSSR count). The molecule has 20 heavy (non-hydrogen) atoms. The Morgan fingerprint density at radius 2 is 1.60 bits per heavy atom. The molecule has 2 aromatic rings. The van der Waals surface area contributed by atoms with Crippen molar-refractivity contribution in [2.75, 3.05) is 18.0 Å². The van der Waals surface area contributed by atoms with Gasteiger partial charge in [0, 0.05) is 37.1 Å². The maximum atomic E-state index is 4.59. The van der Waals surface area contributed by atoms with E-state index >= 15 is 0 Å². The van der Waals surface area contributed by atoms with Crippen LogP contribution in [0.25, 0.3) is 0 Å². The fourth-order valence-electron chi connectivity index (χ4n) is 2.35. The number of hydrogen-bond acceptors (Lipinski definition) is 2. The lowest BCUT2D eigenvalue weighted by atomic mass is 10.1. The third kappa shape index (κ3) is 3.15. The molecule has 0 atom stereocenters. The highest BCUT2D eigenvalue weighted by Gasteiger charge is 2.10. The molecule has 100 valence electrons. The Morgan fingerprint density at radius 1 is 0.900 bits per heavy atom. The van der Waals surface area contributed by atoms with E-state index in [1.807, 2.05) is 24.4 Å². The zero-order valence-corrected chi connectivity index (χ0v) is 11.4. The molecule has 1 aliphatic heterocycles. The standard InChI is InChI=1S/C18H18N2/c1-3-7-16(8-4-1)15-19-17-11-13-20(14-12-17)18-9-5-2-6-10-18/h1-11,15H,12-14H2. The highest BCUT2D eigenvalue weighted by molar-refractivity contribution is 5.80. The molecule has 0 radical (unpaired) electrons. The van der Waals surface area contributed by atoms with Crippen molar-refractivity contribution in [3.05, 3.63) is 78.0 Å². The van der Waals surface area contributed by atoms with E-state index in [4.69, 9.17) is 0 Å². The second kappa shape index (κ2) is 6.20. The Kier molecular flexibility index (Phi) is 3.93. The Hall–Kier alpha value is -2.35. The number of benzene rings is 2. The van der Waals surface area contributed by atoms with Crippen LogP contribution in [0.4, 0.5) is 5.69 Å². The van der Waals surface area contributed by atoms with Crippen LogP contribution in [0.1, 0.15) is 12.0 Å². The van der Waals surface area contributed by atoms with Crippen LogP contribution in [0.3, 0.4) is 0 Å². The molecule has 0 saturated heterocycles. The minimum Gasteiger partial charge on any atom is -0.367 e. The van der Waals surface area contributed by atoms with Gasteiger partial charge in [-0.2, -0.15) is 0 Å². The molecule has 2 nitrogen and oxygen atoms in total. The zero-order chi connectivity index (χ0) is 13.6. The molecule has 0 saturated carbocycles. The Labute approximate surface area is 120 Å². The van der Waals surface area contributed by atoms with E-state index in [0.717, 1.165) is 25.1 Å². The van der Waals surface area contributed by atoms with Crippen molar-refractivity contribution in [2.24, 2.45) is 4.99 Å². The van der Waals surface area contributed by atoms with Gasteiger partial charge in [-0.1, -0.05) is 48.5 Å². The summed E-state index contributed by atoms with van der Waals surface area (Å²) in [6.07, 6.45) is 5.16. The second-order valence-corrected chi connectivity index (χ2v) is 4.90. The summed E-state index contributed by atoms with van der Waals surface area (Å²) in [5.74, 6) is 0. The van der Waals surface area contributed by atoms with Crippen LogP contribution in [0, 0.1) is 0 Å². The average Bonchev–Trinajstić information content (AvgIpc) is 2.55. The van der Waals surface area contributed by atoms with Crippen molar-refractivity contribution < 1.29 is 0 Å². The maximum absolute atomic E-state index is 4.59. The van der Waals surface area contributed by atoms with Crippen LogP contribution >= 0.6 is 0 Å². The summed E-state index contributed by atoms with van der Waals surface area (Å²) in [6, 6.07) is 20.8. The third-order valence-electron chi connectivity index (χ3n) is 3.49. The normalized spacial score (nSPS) is 15.4. The van der Waals surface area contributed by atoms with Gasteiger partial charge in [-0.25, -0.2) is 0 Å². The second-order valence-electron chi connectivity index (χ2n) is 4.90. The van der Waals surface area contributed by atoms with Crippen LogP contribution < -0.4 is 4.90 Å². The minimum atomic E-state index is 0.936. The van der Waals surface area contributed by atoms with Gasteiger partial charge in [0.2, 0.25) is 0 Å². The summed E-state index contributed by atoms with van der Waals surface area (Å²) in [5.41, 5.74) is 3.62. The van der Waals surface area contributed by atoms with Crippen LogP contribution in [0.5, 0.6) is 0 Å². The molecular weight excluding hydrogens is 244 g/mol. The van der Waals surface area contributed by atoms with Gasteiger partial charge in [0.05, 0.1) is 0 Å². The fourth-order valence-corrected chi connectivity index (χ4v) is 2.35. The lowest BCUT2D eigenvalue weighted by molar-refractivity contribution is 0.782. The summed E-state index contributed by atoms with van der Waals surface area (Å²) < 4.78 is 0. The van der Waals surface area contributed by atoms with Gasteiger partial charge >= 0.3 is 0 Å². The lowest BCUT2D eigenvalue weighted by Gasteiger charge is -2.27. The van der Waals surface area contributed by atoms with E-state index in [1.54, 1.807) is 0 Å². The fraction of sp³-hybridized carbons (Fsp3) is 0.167. The summed E-state index contributed by atoms with van der Waals surface area (Å²) in [7, 11) is 0. The largest absolute Gasteiger partial charge is 0.367 e. The highest BCUT2D eigenvalue weighted by Crippen LogP contribution is 2.19. The van der Waals surface area contributed by atoms with E-state index in [0.29, 0.717) is 0 Å². The summed E-state index contributed by atoms with van der Waals surface area (Å²) in [4.78, 5) is 6.97. The lowest BCUT2D eigenvalue weighted by Crippen LogP contribution is -2.28. The predicted molar refractivity (Wildman–Crippen MR) is 85.4 cm³/mol. The number of para-hydroxylation sites is 1. The summed E-state index contributed by atoms with van der Waals surface area (Å²) in [6.45, 7) is 1.97. The van der Waals surface area contributed by atoms with Crippen molar-refractivity contribution in [1.82, 2.24) is 0 Å². The van der Waals surface area contributed by atoms with Gasteiger partial charge < -0.3 is 4.90 Å².